The highest BCUT2D eigenvalue weighted by atomic mass is 32.2. The molecule has 1 atom stereocenters. The van der Waals surface area contributed by atoms with Crippen LogP contribution in [-0.4, -0.2) is 31.3 Å². The lowest BCUT2D eigenvalue weighted by molar-refractivity contribution is 0.0919. The van der Waals surface area contributed by atoms with Crippen LogP contribution in [0.25, 0.3) is 0 Å². The Labute approximate surface area is 113 Å². The maximum atomic E-state index is 12.0. The Balaban J connectivity index is 3.09. The van der Waals surface area contributed by atoms with Crippen molar-refractivity contribution in [2.45, 2.75) is 31.8 Å². The number of rotatable bonds is 5. The van der Waals surface area contributed by atoms with E-state index in [0.29, 0.717) is 5.57 Å². The van der Waals surface area contributed by atoms with Crippen molar-refractivity contribution in [3.05, 3.63) is 41.2 Å². The van der Waals surface area contributed by atoms with E-state index in [1.807, 2.05) is 6.92 Å². The first-order valence-corrected chi connectivity index (χ1v) is 7.16. The molecule has 19 heavy (non-hydrogen) atoms. The van der Waals surface area contributed by atoms with Gasteiger partial charge in [-0.2, -0.15) is 8.42 Å². The molecule has 0 saturated carbocycles. The van der Waals surface area contributed by atoms with Crippen molar-refractivity contribution in [1.29, 1.82) is 0 Å². The summed E-state index contributed by atoms with van der Waals surface area (Å²) in [6.07, 6.45) is -1.36. The van der Waals surface area contributed by atoms with Gasteiger partial charge in [0.1, 0.15) is 16.8 Å². The van der Waals surface area contributed by atoms with Crippen molar-refractivity contribution in [1.82, 2.24) is 0 Å². The molecule has 0 spiro atoms. The van der Waals surface area contributed by atoms with Gasteiger partial charge in [0, 0.05) is 0 Å². The Hall–Kier alpha value is -1.37. The lowest BCUT2D eigenvalue weighted by Crippen LogP contribution is -2.21. The molecule has 0 heterocycles. The van der Waals surface area contributed by atoms with Crippen molar-refractivity contribution in [2.75, 3.05) is 6.61 Å². The van der Waals surface area contributed by atoms with Gasteiger partial charge >= 0.3 is 10.1 Å². The Kier molecular flexibility index (Phi) is 5.11. The molecule has 6 heteroatoms. The number of hydrogen-bond donors (Lipinski definition) is 2. The Morgan fingerprint density at radius 1 is 1.26 bits per heavy atom. The molecule has 0 bridgehead atoms. The highest BCUT2D eigenvalue weighted by Gasteiger charge is 2.23. The summed E-state index contributed by atoms with van der Waals surface area (Å²) in [6, 6.07) is 6.17. The van der Waals surface area contributed by atoms with Crippen LogP contribution in [0.3, 0.4) is 0 Å². The average Bonchev–Trinajstić information content (AvgIpc) is 2.35. The first-order chi connectivity index (χ1) is 8.77. The molecule has 1 rings (SSSR count). The predicted octanol–water partition coefficient (Wildman–Crippen LogP) is 1.35. The fourth-order valence-electron chi connectivity index (χ4n) is 1.43. The third-order valence-corrected chi connectivity index (χ3v) is 3.73. The number of allylic oxidation sites excluding steroid dienone is 1. The monoisotopic (exact) mass is 286 g/mol. The average molecular weight is 286 g/mol. The Morgan fingerprint density at radius 2 is 1.79 bits per heavy atom. The van der Waals surface area contributed by atoms with Crippen molar-refractivity contribution in [2.24, 2.45) is 0 Å². The molecule has 2 N–H and O–H groups in total. The third-order valence-electron chi connectivity index (χ3n) is 2.48. The highest BCUT2D eigenvalue weighted by Crippen LogP contribution is 2.20. The second-order valence-corrected chi connectivity index (χ2v) is 5.96. The smallest absolute Gasteiger partial charge is 0.338 e. The van der Waals surface area contributed by atoms with Gasteiger partial charge in [-0.05, 0) is 38.5 Å². The van der Waals surface area contributed by atoms with Gasteiger partial charge in [0.05, 0.1) is 6.61 Å². The summed E-state index contributed by atoms with van der Waals surface area (Å²) < 4.78 is 29.0. The molecular formula is C13H18O5S. The van der Waals surface area contributed by atoms with E-state index in [4.69, 9.17) is 9.29 Å². The minimum absolute atomic E-state index is 0.00184. The SMILES string of the molecule is CC(C)=C(OS(=O)(=O)c1ccc(C)cc1)C(O)CO. The van der Waals surface area contributed by atoms with Crippen molar-refractivity contribution in [3.63, 3.8) is 0 Å². The van der Waals surface area contributed by atoms with E-state index in [-0.39, 0.29) is 10.7 Å². The van der Waals surface area contributed by atoms with Crippen LogP contribution in [-0.2, 0) is 14.3 Å². The number of benzene rings is 1. The molecule has 0 fully saturated rings. The normalized spacial score (nSPS) is 12.9. The Morgan fingerprint density at radius 3 is 2.21 bits per heavy atom. The highest BCUT2D eigenvalue weighted by molar-refractivity contribution is 7.86. The largest absolute Gasteiger partial charge is 0.393 e. The van der Waals surface area contributed by atoms with Crippen molar-refractivity contribution < 1.29 is 22.8 Å². The van der Waals surface area contributed by atoms with Crippen LogP contribution >= 0.6 is 0 Å². The zero-order chi connectivity index (χ0) is 14.6. The topological polar surface area (TPSA) is 83.8 Å². The van der Waals surface area contributed by atoms with Crippen LogP contribution in [0.4, 0.5) is 0 Å². The molecule has 0 radical (unpaired) electrons. The molecule has 1 unspecified atom stereocenters. The van der Waals surface area contributed by atoms with Crippen LogP contribution in [0.1, 0.15) is 19.4 Å². The maximum Gasteiger partial charge on any atom is 0.338 e. The summed E-state index contributed by atoms with van der Waals surface area (Å²) in [5, 5.41) is 18.4. The van der Waals surface area contributed by atoms with Crippen LogP contribution in [0, 0.1) is 6.92 Å². The van der Waals surface area contributed by atoms with Crippen LogP contribution in [0.5, 0.6) is 0 Å². The van der Waals surface area contributed by atoms with E-state index in [0.717, 1.165) is 5.56 Å². The van der Waals surface area contributed by atoms with Crippen molar-refractivity contribution in [3.8, 4) is 0 Å². The van der Waals surface area contributed by atoms with E-state index in [9.17, 15) is 13.5 Å². The first-order valence-electron chi connectivity index (χ1n) is 5.75. The standard InChI is InChI=1S/C13H18O5S/c1-9(2)13(12(15)8-14)18-19(16,17)11-6-4-10(3)5-7-11/h4-7,12,14-15H,8H2,1-3H3. The summed E-state index contributed by atoms with van der Waals surface area (Å²) in [5.41, 5.74) is 1.41. The van der Waals surface area contributed by atoms with Gasteiger partial charge in [-0.3, -0.25) is 0 Å². The molecule has 0 amide bonds. The summed E-state index contributed by atoms with van der Waals surface area (Å²) in [6.45, 7) is 4.43. The Bertz CT molecular complexity index is 553. The van der Waals surface area contributed by atoms with E-state index >= 15 is 0 Å². The predicted molar refractivity (Wildman–Crippen MR) is 70.9 cm³/mol. The second kappa shape index (κ2) is 6.18. The zero-order valence-corrected chi connectivity index (χ0v) is 11.9. The van der Waals surface area contributed by atoms with E-state index in [1.165, 1.54) is 12.1 Å². The molecule has 0 aliphatic carbocycles. The summed E-state index contributed by atoms with van der Waals surface area (Å²) in [7, 11) is -4.01. The molecule has 0 aromatic heterocycles. The summed E-state index contributed by atoms with van der Waals surface area (Å²) in [4.78, 5) is 0.00184. The van der Waals surface area contributed by atoms with Gasteiger partial charge in [0.25, 0.3) is 0 Å². The molecule has 0 aliphatic rings. The number of aliphatic hydroxyl groups excluding tert-OH is 2. The van der Waals surface area contributed by atoms with Gasteiger partial charge in [0.2, 0.25) is 0 Å². The summed E-state index contributed by atoms with van der Waals surface area (Å²) in [5.74, 6) is -0.150. The van der Waals surface area contributed by atoms with E-state index < -0.39 is 22.8 Å². The molecule has 0 saturated heterocycles. The minimum atomic E-state index is -4.01. The molecule has 1 aromatic carbocycles. The van der Waals surface area contributed by atoms with Gasteiger partial charge in [-0.25, -0.2) is 0 Å². The van der Waals surface area contributed by atoms with E-state index in [2.05, 4.69) is 0 Å². The maximum absolute atomic E-state index is 12.0. The molecule has 1 aromatic rings. The summed E-state index contributed by atoms with van der Waals surface area (Å²) >= 11 is 0. The third kappa shape index (κ3) is 4.05. The zero-order valence-electron chi connectivity index (χ0n) is 11.1. The number of hydrogen-bond acceptors (Lipinski definition) is 5. The van der Waals surface area contributed by atoms with Gasteiger partial charge < -0.3 is 14.4 Å². The van der Waals surface area contributed by atoms with Crippen molar-refractivity contribution >= 4 is 10.1 Å². The number of aliphatic hydroxyl groups is 2. The second-order valence-electron chi connectivity index (χ2n) is 4.41. The fourth-order valence-corrected chi connectivity index (χ4v) is 2.51. The molecule has 106 valence electrons. The number of aryl methyl sites for hydroxylation is 1. The quantitative estimate of drug-likeness (QED) is 0.630. The lowest BCUT2D eigenvalue weighted by Gasteiger charge is -2.16. The molecule has 5 nitrogen and oxygen atoms in total. The van der Waals surface area contributed by atoms with Gasteiger partial charge in [-0.1, -0.05) is 17.7 Å². The van der Waals surface area contributed by atoms with E-state index in [1.54, 1.807) is 26.0 Å². The first kappa shape index (κ1) is 15.7. The van der Waals surface area contributed by atoms with Crippen LogP contribution < -0.4 is 0 Å². The van der Waals surface area contributed by atoms with Crippen LogP contribution in [0.2, 0.25) is 0 Å². The molecular weight excluding hydrogens is 268 g/mol. The molecule has 0 aliphatic heterocycles. The van der Waals surface area contributed by atoms with Crippen LogP contribution in [0.15, 0.2) is 40.5 Å². The van der Waals surface area contributed by atoms with Gasteiger partial charge in [0.15, 0.2) is 0 Å². The fraction of sp³-hybridized carbons (Fsp3) is 0.385. The lowest BCUT2D eigenvalue weighted by atomic mass is 10.2. The van der Waals surface area contributed by atoms with Gasteiger partial charge in [-0.15, -0.1) is 0 Å². The minimum Gasteiger partial charge on any atom is -0.393 e.